The summed E-state index contributed by atoms with van der Waals surface area (Å²) in [4.78, 5) is 49.0. The first-order valence-corrected chi connectivity index (χ1v) is 8.20. The second kappa shape index (κ2) is 8.80. The molecule has 1 N–H and O–H groups in total. The fourth-order valence-corrected chi connectivity index (χ4v) is 2.30. The third-order valence-electron chi connectivity index (χ3n) is 3.63. The molecule has 2 rings (SSSR count). The highest BCUT2D eigenvalue weighted by molar-refractivity contribution is 5.94. The van der Waals surface area contributed by atoms with Gasteiger partial charge in [0, 0.05) is 18.5 Å². The summed E-state index contributed by atoms with van der Waals surface area (Å²) < 4.78 is 9.99. The largest absolute Gasteiger partial charge is 0.452 e. The van der Waals surface area contributed by atoms with E-state index in [1.165, 1.54) is 11.0 Å². The Kier molecular flexibility index (Phi) is 6.48. The lowest BCUT2D eigenvalue weighted by Gasteiger charge is -2.19. The number of para-hydroxylation sites is 1. The normalized spacial score (nSPS) is 10.4. The van der Waals surface area contributed by atoms with Gasteiger partial charge in [0.2, 0.25) is 5.91 Å². The van der Waals surface area contributed by atoms with E-state index in [-0.39, 0.29) is 24.6 Å². The summed E-state index contributed by atoms with van der Waals surface area (Å²) in [6.45, 7) is 3.52. The molecular formula is C18H20N2O6. The molecule has 138 valence electrons. The number of hydrogen-bond donors (Lipinski definition) is 1. The number of amides is 2. The van der Waals surface area contributed by atoms with Crippen molar-refractivity contribution in [3.63, 3.8) is 0 Å². The van der Waals surface area contributed by atoms with Crippen LogP contribution < -0.4 is 10.9 Å². The van der Waals surface area contributed by atoms with Crippen LogP contribution in [-0.2, 0) is 14.3 Å². The Morgan fingerprint density at radius 1 is 1.19 bits per heavy atom. The number of esters is 1. The predicted octanol–water partition coefficient (Wildman–Crippen LogP) is 0.934. The van der Waals surface area contributed by atoms with Crippen LogP contribution >= 0.6 is 0 Å². The van der Waals surface area contributed by atoms with Gasteiger partial charge in [-0.25, -0.2) is 9.59 Å². The van der Waals surface area contributed by atoms with Crippen LogP contribution in [0.4, 0.5) is 0 Å². The Hall–Kier alpha value is -3.16. The van der Waals surface area contributed by atoms with E-state index in [4.69, 9.17) is 9.15 Å². The van der Waals surface area contributed by atoms with Crippen LogP contribution in [0.3, 0.4) is 0 Å². The summed E-state index contributed by atoms with van der Waals surface area (Å²) in [6.07, 6.45) is 0. The van der Waals surface area contributed by atoms with Crippen molar-refractivity contribution >= 4 is 28.8 Å². The maximum absolute atomic E-state index is 12.1. The van der Waals surface area contributed by atoms with Gasteiger partial charge in [0.25, 0.3) is 5.91 Å². The van der Waals surface area contributed by atoms with E-state index in [9.17, 15) is 19.2 Å². The minimum atomic E-state index is -0.952. The van der Waals surface area contributed by atoms with E-state index in [0.29, 0.717) is 17.5 Å². The third-order valence-corrected chi connectivity index (χ3v) is 3.63. The highest BCUT2D eigenvalue weighted by atomic mass is 16.5. The molecule has 0 unspecified atom stereocenters. The van der Waals surface area contributed by atoms with Crippen molar-refractivity contribution in [3.8, 4) is 0 Å². The van der Waals surface area contributed by atoms with Gasteiger partial charge in [0.15, 0.2) is 6.61 Å². The van der Waals surface area contributed by atoms with Crippen molar-refractivity contribution in [2.45, 2.75) is 13.8 Å². The summed E-state index contributed by atoms with van der Waals surface area (Å²) in [7, 11) is 0. The molecule has 0 bridgehead atoms. The molecule has 0 spiro atoms. The molecule has 26 heavy (non-hydrogen) atoms. The van der Waals surface area contributed by atoms with Crippen molar-refractivity contribution in [1.82, 2.24) is 10.2 Å². The number of nitrogens with one attached hydrogen (secondary N) is 1. The van der Waals surface area contributed by atoms with Crippen molar-refractivity contribution in [1.29, 1.82) is 0 Å². The number of likely N-dealkylation sites (N-methyl/N-ethyl adjacent to an activating group) is 2. The van der Waals surface area contributed by atoms with Crippen LogP contribution in [0, 0.1) is 0 Å². The Bertz CT molecular complexity index is 873. The van der Waals surface area contributed by atoms with E-state index in [0.717, 1.165) is 0 Å². The zero-order valence-electron chi connectivity index (χ0n) is 14.6. The molecule has 8 heteroatoms. The molecule has 0 atom stereocenters. The number of rotatable bonds is 7. The Morgan fingerprint density at radius 2 is 1.92 bits per heavy atom. The molecule has 2 amide bonds. The zero-order chi connectivity index (χ0) is 19.1. The number of hydrogen-bond acceptors (Lipinski definition) is 6. The molecule has 0 saturated heterocycles. The van der Waals surface area contributed by atoms with Crippen LogP contribution in [0.5, 0.6) is 0 Å². The lowest BCUT2D eigenvalue weighted by atomic mass is 10.2. The third kappa shape index (κ3) is 4.69. The van der Waals surface area contributed by atoms with Crippen LogP contribution in [0.25, 0.3) is 11.0 Å². The number of carbonyl (C=O) groups excluding carboxylic acids is 3. The average Bonchev–Trinajstić information content (AvgIpc) is 2.63. The first-order chi connectivity index (χ1) is 12.5. The molecule has 2 aromatic rings. The summed E-state index contributed by atoms with van der Waals surface area (Å²) in [6, 6.07) is 8.10. The lowest BCUT2D eigenvalue weighted by molar-refractivity contribution is -0.138. The average molecular weight is 360 g/mol. The van der Waals surface area contributed by atoms with Crippen molar-refractivity contribution in [2.24, 2.45) is 0 Å². The van der Waals surface area contributed by atoms with E-state index in [2.05, 4.69) is 5.32 Å². The fraction of sp³-hybridized carbons (Fsp3) is 0.333. The summed E-state index contributed by atoms with van der Waals surface area (Å²) in [5.74, 6) is -1.78. The van der Waals surface area contributed by atoms with E-state index >= 15 is 0 Å². The molecule has 0 saturated carbocycles. The monoisotopic (exact) mass is 360 g/mol. The van der Waals surface area contributed by atoms with Crippen LogP contribution in [0.2, 0.25) is 0 Å². The van der Waals surface area contributed by atoms with Gasteiger partial charge < -0.3 is 19.4 Å². The van der Waals surface area contributed by atoms with Gasteiger partial charge in [-0.2, -0.15) is 0 Å². The lowest BCUT2D eigenvalue weighted by Crippen LogP contribution is -2.42. The van der Waals surface area contributed by atoms with E-state index < -0.39 is 24.1 Å². The molecule has 0 radical (unpaired) electrons. The van der Waals surface area contributed by atoms with Gasteiger partial charge in [0.1, 0.15) is 11.1 Å². The van der Waals surface area contributed by atoms with Gasteiger partial charge >= 0.3 is 11.6 Å². The Balaban J connectivity index is 2.03. The molecule has 1 aromatic carbocycles. The van der Waals surface area contributed by atoms with E-state index in [1.807, 2.05) is 0 Å². The molecule has 8 nitrogen and oxygen atoms in total. The number of benzene rings is 1. The number of fused-ring (bicyclic) bond motifs is 1. The van der Waals surface area contributed by atoms with Gasteiger partial charge in [-0.05, 0) is 26.0 Å². The Labute approximate surface area is 149 Å². The van der Waals surface area contributed by atoms with Crippen LogP contribution in [-0.4, -0.2) is 48.9 Å². The molecule has 0 aliphatic heterocycles. The fourth-order valence-electron chi connectivity index (χ4n) is 2.30. The molecule has 1 heterocycles. The highest BCUT2D eigenvalue weighted by Gasteiger charge is 2.20. The van der Waals surface area contributed by atoms with Crippen molar-refractivity contribution < 1.29 is 23.5 Å². The van der Waals surface area contributed by atoms with Gasteiger partial charge in [0.05, 0.1) is 6.54 Å². The van der Waals surface area contributed by atoms with Gasteiger partial charge in [-0.1, -0.05) is 18.2 Å². The SMILES string of the molecule is CCNC(=O)CN(CC)C(=O)COC(=O)c1cc2ccccc2oc1=O. The van der Waals surface area contributed by atoms with Crippen LogP contribution in [0.1, 0.15) is 24.2 Å². The molecular weight excluding hydrogens is 340 g/mol. The number of carbonyl (C=O) groups is 3. The second-order valence-electron chi connectivity index (χ2n) is 5.42. The van der Waals surface area contributed by atoms with Gasteiger partial charge in [-0.15, -0.1) is 0 Å². The zero-order valence-corrected chi connectivity index (χ0v) is 14.6. The summed E-state index contributed by atoms with van der Waals surface area (Å²) in [5.41, 5.74) is -0.775. The maximum Gasteiger partial charge on any atom is 0.351 e. The molecule has 0 fully saturated rings. The molecule has 0 aliphatic carbocycles. The summed E-state index contributed by atoms with van der Waals surface area (Å²) >= 11 is 0. The molecule has 0 aliphatic rings. The molecule has 1 aromatic heterocycles. The highest BCUT2D eigenvalue weighted by Crippen LogP contribution is 2.13. The predicted molar refractivity (Wildman–Crippen MR) is 93.7 cm³/mol. The summed E-state index contributed by atoms with van der Waals surface area (Å²) in [5, 5.41) is 3.15. The van der Waals surface area contributed by atoms with E-state index in [1.54, 1.807) is 38.1 Å². The number of nitrogens with zero attached hydrogens (tertiary/aromatic N) is 1. The number of ether oxygens (including phenoxy) is 1. The smallest absolute Gasteiger partial charge is 0.351 e. The topological polar surface area (TPSA) is 106 Å². The van der Waals surface area contributed by atoms with Crippen molar-refractivity contribution in [2.75, 3.05) is 26.2 Å². The van der Waals surface area contributed by atoms with Crippen molar-refractivity contribution in [3.05, 3.63) is 46.3 Å². The first kappa shape index (κ1) is 19.2. The Morgan fingerprint density at radius 3 is 2.62 bits per heavy atom. The second-order valence-corrected chi connectivity index (χ2v) is 5.42. The van der Waals surface area contributed by atoms with Gasteiger partial charge in [-0.3, -0.25) is 9.59 Å². The quantitative estimate of drug-likeness (QED) is 0.582. The standard InChI is InChI=1S/C18H20N2O6/c1-3-19-15(21)10-20(4-2)16(22)11-25-17(23)13-9-12-7-5-6-8-14(12)26-18(13)24/h5-9H,3-4,10-11H2,1-2H3,(H,19,21). The maximum atomic E-state index is 12.1. The minimum Gasteiger partial charge on any atom is -0.452 e. The van der Waals surface area contributed by atoms with Crippen LogP contribution in [0.15, 0.2) is 39.5 Å². The minimum absolute atomic E-state index is 0.126. The first-order valence-electron chi connectivity index (χ1n) is 8.20.